The van der Waals surface area contributed by atoms with E-state index in [4.69, 9.17) is 42.1 Å². The van der Waals surface area contributed by atoms with Gasteiger partial charge in [0.05, 0.1) is 22.3 Å². The van der Waals surface area contributed by atoms with Gasteiger partial charge in [0.1, 0.15) is 59.1 Å². The maximum atomic E-state index is 16.0. The average molecular weight is 1370 g/mol. The maximum absolute atomic E-state index is 16.0. The lowest BCUT2D eigenvalue weighted by atomic mass is 9.80. The zero-order valence-corrected chi connectivity index (χ0v) is 59.7. The van der Waals surface area contributed by atoms with E-state index in [1.54, 1.807) is 72.8 Å². The number of nitrogens with zero attached hydrogens (tertiary/aromatic N) is 4. The molecule has 0 spiro atoms. The van der Waals surface area contributed by atoms with E-state index in [0.29, 0.717) is 66.7 Å². The molecule has 6 amide bonds. The Morgan fingerprint density at radius 1 is 0.330 bits per heavy atom. The van der Waals surface area contributed by atoms with Crippen molar-refractivity contribution in [2.24, 2.45) is 0 Å². The van der Waals surface area contributed by atoms with Gasteiger partial charge in [-0.05, 0) is 141 Å². The minimum Gasteiger partial charge on any atom is -0.457 e. The van der Waals surface area contributed by atoms with Crippen LogP contribution in [0.5, 0.6) is 46.0 Å². The second kappa shape index (κ2) is 26.1. The number of imide groups is 2. The lowest BCUT2D eigenvalue weighted by Crippen LogP contribution is -2.48. The van der Waals surface area contributed by atoms with Crippen LogP contribution in [-0.2, 0) is 31.2 Å². The molecule has 0 aromatic heterocycles. The van der Waals surface area contributed by atoms with Crippen molar-refractivity contribution in [2.45, 2.75) is 105 Å². The number of fused-ring (bicyclic) bond motifs is 2. The molecule has 0 saturated heterocycles. The standard InChI is InChI=1S/C84H78Cl2N4O10/c1-81(2,3)49-23-31-55(32-24-49)97-63-43-59-69-60(78(94)89(77(59)93)47-67(91)87(41-39-85)53-19-15-13-16-20-53)45-65(99-57-35-27-51(28-36-57)83(7,8)9)73-74-66(100-58-37-29-52(30-38-58)84(10,11)12)46-62-70-61(79(95)90(80(62)96)48-68(92)88(42-40-86)54-21-17-14-18-22-54)44-64(72(76(70)74)71(63)75(69)73)98-56-33-25-50(26-34-56)82(4,5)6/h13-38,43-46H,39-42,47-48H2,1-12H3. The Hall–Kier alpha value is -10.3. The third-order valence-electron chi connectivity index (χ3n) is 18.8. The van der Waals surface area contributed by atoms with Gasteiger partial charge in [-0.2, -0.15) is 0 Å². The van der Waals surface area contributed by atoms with Crippen LogP contribution >= 0.6 is 23.2 Å². The molecule has 0 unspecified atom stereocenters. The van der Waals surface area contributed by atoms with Crippen molar-refractivity contribution in [3.05, 3.63) is 226 Å². The fourth-order valence-corrected chi connectivity index (χ4v) is 13.8. The molecule has 2 aliphatic rings. The van der Waals surface area contributed by atoms with Crippen molar-refractivity contribution >= 4 is 113 Å². The number of benzene rings is 11. The minimum atomic E-state index is -0.786. The van der Waals surface area contributed by atoms with Crippen molar-refractivity contribution < 1.29 is 47.7 Å². The monoisotopic (exact) mass is 1370 g/mol. The first-order valence-corrected chi connectivity index (χ1v) is 34.6. The van der Waals surface area contributed by atoms with Gasteiger partial charge in [-0.15, -0.1) is 23.2 Å². The van der Waals surface area contributed by atoms with E-state index < -0.39 is 48.5 Å². The molecule has 11 aromatic rings. The number of anilines is 2. The smallest absolute Gasteiger partial charge is 0.262 e. The van der Waals surface area contributed by atoms with Crippen LogP contribution in [0.15, 0.2) is 182 Å². The van der Waals surface area contributed by atoms with E-state index in [-0.39, 0.29) is 103 Å². The Morgan fingerprint density at radius 3 is 0.770 bits per heavy atom. The summed E-state index contributed by atoms with van der Waals surface area (Å²) in [4.78, 5) is 98.6. The van der Waals surface area contributed by atoms with E-state index in [9.17, 15) is 9.59 Å². The molecule has 0 N–H and O–H groups in total. The minimum absolute atomic E-state index is 0.0206. The number of amides is 6. The summed E-state index contributed by atoms with van der Waals surface area (Å²) in [6.45, 7) is 24.1. The lowest BCUT2D eigenvalue weighted by Gasteiger charge is -2.33. The summed E-state index contributed by atoms with van der Waals surface area (Å²) in [7, 11) is 0. The molecule has 0 fully saturated rings. The highest BCUT2D eigenvalue weighted by molar-refractivity contribution is 6.45. The van der Waals surface area contributed by atoms with Gasteiger partial charge in [-0.1, -0.05) is 168 Å². The summed E-state index contributed by atoms with van der Waals surface area (Å²) in [5, 5.41) is 2.23. The Labute approximate surface area is 592 Å². The van der Waals surface area contributed by atoms with Crippen molar-refractivity contribution in [1.82, 2.24) is 9.80 Å². The average Bonchev–Trinajstić information content (AvgIpc) is 0.673. The van der Waals surface area contributed by atoms with E-state index in [0.717, 1.165) is 32.1 Å². The molecule has 508 valence electrons. The number of ether oxygens (including phenoxy) is 4. The molecule has 0 aliphatic carbocycles. The molecular formula is C84H78Cl2N4O10. The number of para-hydroxylation sites is 2. The van der Waals surface area contributed by atoms with E-state index in [2.05, 4.69) is 83.1 Å². The molecular weight excluding hydrogens is 1300 g/mol. The van der Waals surface area contributed by atoms with Gasteiger partial charge >= 0.3 is 0 Å². The first-order valence-electron chi connectivity index (χ1n) is 33.6. The van der Waals surface area contributed by atoms with Crippen LogP contribution in [0.4, 0.5) is 11.4 Å². The fourth-order valence-electron chi connectivity index (χ4n) is 13.4. The van der Waals surface area contributed by atoms with Gasteiger partial charge in [0.25, 0.3) is 23.6 Å². The molecule has 0 radical (unpaired) electrons. The molecule has 2 heterocycles. The van der Waals surface area contributed by atoms with E-state index in [1.165, 1.54) is 9.80 Å². The third kappa shape index (κ3) is 12.7. The second-order valence-electron chi connectivity index (χ2n) is 29.7. The lowest BCUT2D eigenvalue weighted by molar-refractivity contribution is -0.119. The number of alkyl halides is 2. The molecule has 2 aliphatic heterocycles. The number of hydrogen-bond donors (Lipinski definition) is 0. The molecule has 0 bridgehead atoms. The summed E-state index contributed by atoms with van der Waals surface area (Å²) >= 11 is 12.8. The molecule has 13 rings (SSSR count). The molecule has 100 heavy (non-hydrogen) atoms. The first-order chi connectivity index (χ1) is 47.5. The Kier molecular flexibility index (Phi) is 17.8. The predicted molar refractivity (Wildman–Crippen MR) is 398 cm³/mol. The normalized spacial score (nSPS) is 13.5. The molecule has 0 atom stereocenters. The van der Waals surface area contributed by atoms with Crippen LogP contribution in [0.1, 0.15) is 147 Å². The molecule has 14 nitrogen and oxygen atoms in total. The van der Waals surface area contributed by atoms with E-state index >= 15 is 19.2 Å². The Morgan fingerprint density at radius 2 is 0.560 bits per heavy atom. The van der Waals surface area contributed by atoms with Crippen LogP contribution in [0.25, 0.3) is 43.1 Å². The molecule has 16 heteroatoms. The van der Waals surface area contributed by atoms with Gasteiger partial charge in [0.15, 0.2) is 0 Å². The highest BCUT2D eigenvalue weighted by Gasteiger charge is 2.43. The summed E-state index contributed by atoms with van der Waals surface area (Å²) in [6.07, 6.45) is 0. The van der Waals surface area contributed by atoms with Crippen molar-refractivity contribution in [3.8, 4) is 46.0 Å². The van der Waals surface area contributed by atoms with Gasteiger partial charge in [0, 0.05) is 79.3 Å². The van der Waals surface area contributed by atoms with Crippen LogP contribution < -0.4 is 28.7 Å². The topological polar surface area (TPSA) is 152 Å². The third-order valence-corrected chi connectivity index (χ3v) is 19.1. The quantitative estimate of drug-likeness (QED) is 0.0351. The van der Waals surface area contributed by atoms with Crippen LogP contribution in [-0.4, -0.2) is 83.2 Å². The van der Waals surface area contributed by atoms with Crippen molar-refractivity contribution in [3.63, 3.8) is 0 Å². The fraction of sp³-hybridized carbons (Fsp3) is 0.262. The Bertz CT molecular complexity index is 4500. The van der Waals surface area contributed by atoms with Gasteiger partial charge in [0.2, 0.25) is 11.8 Å². The number of carbonyl (C=O) groups is 6. The summed E-state index contributed by atoms with van der Waals surface area (Å²) in [5.74, 6) is -2.24. The zero-order valence-electron chi connectivity index (χ0n) is 58.2. The summed E-state index contributed by atoms with van der Waals surface area (Å²) in [5.41, 5.74) is 4.21. The second-order valence-corrected chi connectivity index (χ2v) is 30.5. The summed E-state index contributed by atoms with van der Waals surface area (Å²) in [6, 6.07) is 54.7. The Balaban J connectivity index is 1.18. The highest BCUT2D eigenvalue weighted by Crippen LogP contribution is 2.58. The van der Waals surface area contributed by atoms with E-state index in [1.807, 2.05) is 109 Å². The van der Waals surface area contributed by atoms with Crippen LogP contribution in [0, 0.1) is 0 Å². The molecule has 11 aromatic carbocycles. The van der Waals surface area contributed by atoms with Gasteiger partial charge < -0.3 is 28.7 Å². The maximum Gasteiger partial charge on any atom is 0.262 e. The van der Waals surface area contributed by atoms with Gasteiger partial charge in [-0.3, -0.25) is 38.6 Å². The van der Waals surface area contributed by atoms with Crippen molar-refractivity contribution in [1.29, 1.82) is 0 Å². The number of carbonyl (C=O) groups excluding carboxylic acids is 6. The highest BCUT2D eigenvalue weighted by atomic mass is 35.5. The largest absolute Gasteiger partial charge is 0.457 e. The zero-order chi connectivity index (χ0) is 71.1. The SMILES string of the molecule is CC(C)(C)c1ccc(Oc2cc3c4c(cc(Oc5ccc(C(C)(C)C)cc5)c5c6c(Oc7ccc(C(C)(C)C)cc7)cc7c8c(cc(Oc9ccc(C(C)(C)C)cc9)c(c2c45)c86)C(=O)N(CC(=O)N(CCCl)c2ccccc2)C7=O)C(=O)N(CC(=O)N(CCCl)c2ccccc2)C3=O)cc1. The molecule has 0 saturated carbocycles. The van der Waals surface area contributed by atoms with Crippen LogP contribution in [0.2, 0.25) is 0 Å². The first kappa shape index (κ1) is 68.3. The van der Waals surface area contributed by atoms with Crippen LogP contribution in [0.3, 0.4) is 0 Å². The predicted octanol–water partition coefficient (Wildman–Crippen LogP) is 19.8. The van der Waals surface area contributed by atoms with Crippen molar-refractivity contribution in [2.75, 3.05) is 47.7 Å². The summed E-state index contributed by atoms with van der Waals surface area (Å²) < 4.78 is 29.1. The number of hydrogen-bond acceptors (Lipinski definition) is 10. The number of rotatable bonds is 18. The number of halogens is 2. The van der Waals surface area contributed by atoms with Gasteiger partial charge in [-0.25, -0.2) is 0 Å².